The summed E-state index contributed by atoms with van der Waals surface area (Å²) in [6.45, 7) is 13.7. The molecule has 0 aromatic rings. The lowest BCUT2D eigenvalue weighted by Crippen LogP contribution is -2.37. The van der Waals surface area contributed by atoms with Crippen molar-refractivity contribution in [2.75, 3.05) is 19.6 Å². The van der Waals surface area contributed by atoms with Crippen molar-refractivity contribution in [2.45, 2.75) is 143 Å². The van der Waals surface area contributed by atoms with Gasteiger partial charge in [-0.1, -0.05) is 104 Å². The number of nitrogens with one attached hydrogen (secondary N) is 3. The maximum atomic E-state index is 12.7. The van der Waals surface area contributed by atoms with E-state index in [9.17, 15) is 19.5 Å². The summed E-state index contributed by atoms with van der Waals surface area (Å²) in [6.07, 6.45) is 22.9. The number of allylic oxidation sites excluding steroid dienone is 1. The van der Waals surface area contributed by atoms with Gasteiger partial charge < -0.3 is 26.0 Å². The van der Waals surface area contributed by atoms with Crippen LogP contribution >= 0.6 is 0 Å². The molecule has 8 heteroatoms. The van der Waals surface area contributed by atoms with E-state index in [2.05, 4.69) is 29.5 Å². The fourth-order valence-electron chi connectivity index (χ4n) is 4.34. The van der Waals surface area contributed by atoms with Crippen LogP contribution in [0.3, 0.4) is 0 Å². The SMILES string of the molecule is C=CN/C(C(=O)N(CC)CCCCCCCCCC(O)CC)=C(\C)NC=O.CCCCCCCCCCNC=O. The van der Waals surface area contributed by atoms with Crippen LogP contribution in [0.15, 0.2) is 24.2 Å². The summed E-state index contributed by atoms with van der Waals surface area (Å²) in [5.41, 5.74) is 0.842. The molecule has 0 aliphatic rings. The van der Waals surface area contributed by atoms with Crippen molar-refractivity contribution in [2.24, 2.45) is 0 Å². The van der Waals surface area contributed by atoms with E-state index >= 15 is 0 Å². The molecule has 0 heterocycles. The predicted octanol–water partition coefficient (Wildman–Crippen LogP) is 6.31. The standard InChI is InChI=1S/C21H39N3O3.C11H23NO/c1-5-19(26)15-13-11-9-8-10-12-14-16-24(7-3)21(27)20(22-6-2)18(4)23-17-25;1-2-3-4-5-6-7-8-9-10-12-11-13/h6,17,19,22,26H,2,5,7-16H2,1,3-4H3,(H,23,25);11H,2-10H2,1H3,(H,12,13)/b20-18+;. The number of rotatable bonds is 27. The summed E-state index contributed by atoms with van der Waals surface area (Å²) in [5, 5.41) is 17.6. The van der Waals surface area contributed by atoms with Crippen LogP contribution in [0.5, 0.6) is 0 Å². The molecule has 8 nitrogen and oxygen atoms in total. The van der Waals surface area contributed by atoms with E-state index in [1.165, 1.54) is 76.8 Å². The van der Waals surface area contributed by atoms with Crippen LogP contribution < -0.4 is 16.0 Å². The molecule has 0 saturated heterocycles. The van der Waals surface area contributed by atoms with Gasteiger partial charge in [-0.05, 0) is 45.7 Å². The van der Waals surface area contributed by atoms with Gasteiger partial charge in [-0.3, -0.25) is 14.4 Å². The van der Waals surface area contributed by atoms with Crippen molar-refractivity contribution in [3.05, 3.63) is 24.2 Å². The summed E-state index contributed by atoms with van der Waals surface area (Å²) >= 11 is 0. The molecule has 0 aliphatic carbocycles. The molecule has 40 heavy (non-hydrogen) atoms. The summed E-state index contributed by atoms with van der Waals surface area (Å²) in [4.78, 5) is 35.0. The summed E-state index contributed by atoms with van der Waals surface area (Å²) in [5.74, 6) is -0.126. The Morgan fingerprint density at radius 2 is 1.35 bits per heavy atom. The molecule has 4 N–H and O–H groups in total. The largest absolute Gasteiger partial charge is 0.393 e. The topological polar surface area (TPSA) is 111 Å². The van der Waals surface area contributed by atoms with E-state index in [0.717, 1.165) is 51.5 Å². The normalized spacial score (nSPS) is 11.8. The maximum absolute atomic E-state index is 12.7. The van der Waals surface area contributed by atoms with Crippen molar-refractivity contribution < 1.29 is 19.5 Å². The summed E-state index contributed by atoms with van der Waals surface area (Å²) in [7, 11) is 0. The highest BCUT2D eigenvalue weighted by Gasteiger charge is 2.18. The number of likely N-dealkylation sites (N-methyl/N-ethyl adjacent to an activating group) is 1. The van der Waals surface area contributed by atoms with Gasteiger partial charge in [0.25, 0.3) is 5.91 Å². The molecule has 0 spiro atoms. The zero-order valence-electron chi connectivity index (χ0n) is 26.3. The van der Waals surface area contributed by atoms with Gasteiger partial charge in [-0.25, -0.2) is 0 Å². The Labute approximate surface area is 245 Å². The first-order valence-corrected chi connectivity index (χ1v) is 15.9. The van der Waals surface area contributed by atoms with Gasteiger partial charge in [-0.15, -0.1) is 0 Å². The lowest BCUT2D eigenvalue weighted by atomic mass is 10.1. The average Bonchev–Trinajstić information content (AvgIpc) is 2.96. The first-order chi connectivity index (χ1) is 19.4. The Morgan fingerprint density at radius 3 is 1.85 bits per heavy atom. The number of amides is 3. The van der Waals surface area contributed by atoms with E-state index in [1.807, 2.05) is 13.8 Å². The number of nitrogens with zero attached hydrogens (tertiary/aromatic N) is 1. The summed E-state index contributed by atoms with van der Waals surface area (Å²) in [6, 6.07) is 0. The minimum absolute atomic E-state index is 0.126. The highest BCUT2D eigenvalue weighted by molar-refractivity contribution is 5.94. The van der Waals surface area contributed by atoms with Crippen molar-refractivity contribution in [3.8, 4) is 0 Å². The van der Waals surface area contributed by atoms with E-state index in [-0.39, 0.29) is 12.0 Å². The molecule has 0 saturated carbocycles. The van der Waals surface area contributed by atoms with Crippen LogP contribution in [0.1, 0.15) is 137 Å². The monoisotopic (exact) mass is 566 g/mol. The molecule has 0 fully saturated rings. The van der Waals surface area contributed by atoms with E-state index in [1.54, 1.807) is 11.8 Å². The van der Waals surface area contributed by atoms with Gasteiger partial charge in [0.2, 0.25) is 12.8 Å². The van der Waals surface area contributed by atoms with Gasteiger partial charge in [0.1, 0.15) is 5.70 Å². The Morgan fingerprint density at radius 1 is 0.800 bits per heavy atom. The number of unbranched alkanes of at least 4 members (excludes halogenated alkanes) is 13. The molecule has 0 radical (unpaired) electrons. The number of carbonyl (C=O) groups excluding carboxylic acids is 3. The number of hydrogen-bond donors (Lipinski definition) is 4. The second kappa shape index (κ2) is 31.2. The Bertz CT molecular complexity index is 655. The first-order valence-electron chi connectivity index (χ1n) is 15.9. The van der Waals surface area contributed by atoms with Crippen molar-refractivity contribution in [1.82, 2.24) is 20.9 Å². The molecule has 234 valence electrons. The minimum atomic E-state index is -0.137. The summed E-state index contributed by atoms with van der Waals surface area (Å²) < 4.78 is 0. The molecular weight excluding hydrogens is 504 g/mol. The third-order valence-corrected chi connectivity index (χ3v) is 6.97. The molecule has 1 unspecified atom stereocenters. The van der Waals surface area contributed by atoms with Crippen LogP contribution in [-0.4, -0.2) is 54.5 Å². The van der Waals surface area contributed by atoms with Gasteiger partial charge in [0.15, 0.2) is 0 Å². The fraction of sp³-hybridized carbons (Fsp3) is 0.781. The second-order valence-electron chi connectivity index (χ2n) is 10.4. The first kappa shape index (κ1) is 39.8. The quantitative estimate of drug-likeness (QED) is 0.0529. The van der Waals surface area contributed by atoms with Gasteiger partial charge >= 0.3 is 0 Å². The van der Waals surface area contributed by atoms with Crippen molar-refractivity contribution >= 4 is 18.7 Å². The highest BCUT2D eigenvalue weighted by Crippen LogP contribution is 2.12. The van der Waals surface area contributed by atoms with Crippen LogP contribution in [0.2, 0.25) is 0 Å². The van der Waals surface area contributed by atoms with E-state index in [0.29, 0.717) is 30.9 Å². The van der Waals surface area contributed by atoms with Gasteiger partial charge in [0, 0.05) is 25.3 Å². The van der Waals surface area contributed by atoms with E-state index < -0.39 is 0 Å². The number of aliphatic hydroxyl groups is 1. The molecule has 0 aliphatic heterocycles. The smallest absolute Gasteiger partial charge is 0.272 e. The lowest BCUT2D eigenvalue weighted by molar-refractivity contribution is -0.127. The third kappa shape index (κ3) is 24.7. The van der Waals surface area contributed by atoms with Gasteiger partial charge in [-0.2, -0.15) is 0 Å². The highest BCUT2D eigenvalue weighted by atomic mass is 16.3. The second-order valence-corrected chi connectivity index (χ2v) is 10.4. The van der Waals surface area contributed by atoms with Gasteiger partial charge in [0.05, 0.1) is 6.10 Å². The Hall–Kier alpha value is -2.35. The lowest BCUT2D eigenvalue weighted by Gasteiger charge is -2.23. The average molecular weight is 567 g/mol. The third-order valence-electron chi connectivity index (χ3n) is 6.97. The molecule has 3 amide bonds. The van der Waals surface area contributed by atoms with Crippen molar-refractivity contribution in [3.63, 3.8) is 0 Å². The van der Waals surface area contributed by atoms with Crippen LogP contribution in [0.4, 0.5) is 0 Å². The number of carbonyl (C=O) groups is 3. The zero-order chi connectivity index (χ0) is 30.3. The minimum Gasteiger partial charge on any atom is -0.393 e. The molecule has 1 atom stereocenters. The number of aliphatic hydroxyl groups excluding tert-OH is 1. The van der Waals surface area contributed by atoms with E-state index in [4.69, 9.17) is 0 Å². The maximum Gasteiger partial charge on any atom is 0.272 e. The van der Waals surface area contributed by atoms with Crippen molar-refractivity contribution in [1.29, 1.82) is 0 Å². The zero-order valence-corrected chi connectivity index (χ0v) is 26.3. The Kier molecular flexibility index (Phi) is 31.0. The molecule has 0 aromatic heterocycles. The molecular formula is C32H62N4O4. The fourth-order valence-corrected chi connectivity index (χ4v) is 4.34. The van der Waals surface area contributed by atoms with Crippen LogP contribution in [0.25, 0.3) is 0 Å². The number of hydrogen-bond acceptors (Lipinski definition) is 5. The predicted molar refractivity (Wildman–Crippen MR) is 167 cm³/mol. The van der Waals surface area contributed by atoms with Crippen LogP contribution in [-0.2, 0) is 14.4 Å². The molecule has 0 rings (SSSR count). The van der Waals surface area contributed by atoms with Crippen LogP contribution in [0, 0.1) is 0 Å². The molecule has 0 aromatic carbocycles. The Balaban J connectivity index is 0. The molecule has 0 bridgehead atoms.